The standard InChI is InChI=1S/C12H16FNO4/c1-16-5-6-18-14-12(15)8-9-3-4-11(17-2)10(13)7-9/h3-4,7H,5-6,8H2,1-2H3,(H,14,15). The Bertz CT molecular complexity index is 398. The van der Waals surface area contributed by atoms with Gasteiger partial charge in [-0.05, 0) is 17.7 Å². The quantitative estimate of drug-likeness (QED) is 0.586. The Labute approximate surface area is 105 Å². The minimum atomic E-state index is -0.497. The third-order valence-electron chi connectivity index (χ3n) is 2.16. The Balaban J connectivity index is 2.42. The molecular weight excluding hydrogens is 241 g/mol. The number of rotatable bonds is 7. The van der Waals surface area contributed by atoms with E-state index in [-0.39, 0.29) is 24.7 Å². The smallest absolute Gasteiger partial charge is 0.247 e. The van der Waals surface area contributed by atoms with Crippen LogP contribution < -0.4 is 10.2 Å². The predicted octanol–water partition coefficient (Wildman–Crippen LogP) is 1.07. The number of benzene rings is 1. The maximum absolute atomic E-state index is 13.3. The van der Waals surface area contributed by atoms with Gasteiger partial charge in [0, 0.05) is 7.11 Å². The van der Waals surface area contributed by atoms with Crippen molar-refractivity contribution in [1.29, 1.82) is 0 Å². The van der Waals surface area contributed by atoms with E-state index in [4.69, 9.17) is 14.3 Å². The zero-order chi connectivity index (χ0) is 13.4. The fraction of sp³-hybridized carbons (Fsp3) is 0.417. The zero-order valence-electron chi connectivity index (χ0n) is 10.4. The van der Waals surface area contributed by atoms with Gasteiger partial charge < -0.3 is 9.47 Å². The SMILES string of the molecule is COCCONC(=O)Cc1ccc(OC)c(F)c1. The van der Waals surface area contributed by atoms with Crippen molar-refractivity contribution in [3.8, 4) is 5.75 Å². The zero-order valence-corrected chi connectivity index (χ0v) is 10.4. The molecule has 0 radical (unpaired) electrons. The van der Waals surface area contributed by atoms with Crippen LogP contribution in [0.2, 0.25) is 0 Å². The number of carbonyl (C=O) groups is 1. The lowest BCUT2D eigenvalue weighted by molar-refractivity contribution is -0.133. The predicted molar refractivity (Wildman–Crippen MR) is 62.6 cm³/mol. The van der Waals surface area contributed by atoms with Gasteiger partial charge in [-0.25, -0.2) is 9.87 Å². The van der Waals surface area contributed by atoms with Crippen LogP contribution in [0.25, 0.3) is 0 Å². The molecule has 0 atom stereocenters. The number of methoxy groups -OCH3 is 2. The first-order valence-electron chi connectivity index (χ1n) is 5.39. The molecule has 1 aromatic rings. The van der Waals surface area contributed by atoms with Crippen LogP contribution in [0.1, 0.15) is 5.56 Å². The number of hydrogen-bond acceptors (Lipinski definition) is 4. The van der Waals surface area contributed by atoms with E-state index in [2.05, 4.69) is 5.48 Å². The lowest BCUT2D eigenvalue weighted by Gasteiger charge is -2.07. The molecule has 0 spiro atoms. The van der Waals surface area contributed by atoms with Gasteiger partial charge in [0.2, 0.25) is 5.91 Å². The van der Waals surface area contributed by atoms with Crippen LogP contribution in [0.4, 0.5) is 4.39 Å². The van der Waals surface area contributed by atoms with Gasteiger partial charge in [0.15, 0.2) is 11.6 Å². The van der Waals surface area contributed by atoms with Gasteiger partial charge in [-0.2, -0.15) is 0 Å². The van der Waals surface area contributed by atoms with Gasteiger partial charge in [0.25, 0.3) is 0 Å². The maximum Gasteiger partial charge on any atom is 0.247 e. The molecule has 0 fully saturated rings. The van der Waals surface area contributed by atoms with Crippen molar-refractivity contribution in [2.75, 3.05) is 27.4 Å². The Morgan fingerprint density at radius 1 is 1.33 bits per heavy atom. The van der Waals surface area contributed by atoms with E-state index >= 15 is 0 Å². The van der Waals surface area contributed by atoms with E-state index in [1.807, 2.05) is 0 Å². The van der Waals surface area contributed by atoms with E-state index in [0.717, 1.165) is 0 Å². The second-order valence-electron chi connectivity index (χ2n) is 3.51. The van der Waals surface area contributed by atoms with Crippen LogP contribution in [0.3, 0.4) is 0 Å². The Kier molecular flexibility index (Phi) is 6.10. The van der Waals surface area contributed by atoms with Crippen LogP contribution in [0, 0.1) is 5.82 Å². The Morgan fingerprint density at radius 3 is 2.72 bits per heavy atom. The highest BCUT2D eigenvalue weighted by Crippen LogP contribution is 2.17. The van der Waals surface area contributed by atoms with Gasteiger partial charge in [-0.15, -0.1) is 0 Å². The van der Waals surface area contributed by atoms with E-state index < -0.39 is 5.82 Å². The summed E-state index contributed by atoms with van der Waals surface area (Å²) in [6.45, 7) is 0.649. The van der Waals surface area contributed by atoms with Crippen molar-refractivity contribution < 1.29 is 23.5 Å². The van der Waals surface area contributed by atoms with Crippen molar-refractivity contribution in [1.82, 2.24) is 5.48 Å². The maximum atomic E-state index is 13.3. The highest BCUT2D eigenvalue weighted by molar-refractivity contribution is 5.77. The molecule has 0 unspecified atom stereocenters. The largest absolute Gasteiger partial charge is 0.494 e. The summed E-state index contributed by atoms with van der Waals surface area (Å²) in [6.07, 6.45) is 0.0356. The van der Waals surface area contributed by atoms with E-state index in [9.17, 15) is 9.18 Å². The third-order valence-corrected chi connectivity index (χ3v) is 2.16. The number of nitrogens with one attached hydrogen (secondary N) is 1. The minimum absolute atomic E-state index is 0.0356. The van der Waals surface area contributed by atoms with E-state index in [1.165, 1.54) is 26.4 Å². The molecule has 0 bridgehead atoms. The van der Waals surface area contributed by atoms with Gasteiger partial charge >= 0.3 is 0 Å². The molecule has 5 nitrogen and oxygen atoms in total. The van der Waals surface area contributed by atoms with E-state index in [1.54, 1.807) is 6.07 Å². The molecular formula is C12H16FNO4. The molecule has 0 aliphatic rings. The molecule has 0 aliphatic carbocycles. The molecule has 18 heavy (non-hydrogen) atoms. The average Bonchev–Trinajstić information content (AvgIpc) is 2.35. The molecule has 0 aromatic heterocycles. The molecule has 1 aromatic carbocycles. The fourth-order valence-electron chi connectivity index (χ4n) is 1.30. The Hall–Kier alpha value is -1.66. The molecule has 0 saturated carbocycles. The third kappa shape index (κ3) is 4.68. The topological polar surface area (TPSA) is 56.8 Å². The summed E-state index contributed by atoms with van der Waals surface area (Å²) in [5.74, 6) is -0.700. The fourth-order valence-corrected chi connectivity index (χ4v) is 1.30. The van der Waals surface area contributed by atoms with Crippen LogP contribution in [0.5, 0.6) is 5.75 Å². The summed E-state index contributed by atoms with van der Waals surface area (Å²) >= 11 is 0. The van der Waals surface area contributed by atoms with Crippen LogP contribution >= 0.6 is 0 Å². The highest BCUT2D eigenvalue weighted by Gasteiger charge is 2.07. The van der Waals surface area contributed by atoms with Crippen molar-refractivity contribution in [3.63, 3.8) is 0 Å². The van der Waals surface area contributed by atoms with Crippen molar-refractivity contribution in [2.24, 2.45) is 0 Å². The van der Waals surface area contributed by atoms with Crippen LogP contribution in [0.15, 0.2) is 18.2 Å². The molecule has 6 heteroatoms. The summed E-state index contributed by atoms with van der Waals surface area (Å²) < 4.78 is 22.9. The summed E-state index contributed by atoms with van der Waals surface area (Å²) in [4.78, 5) is 16.3. The first kappa shape index (κ1) is 14.4. The second kappa shape index (κ2) is 7.62. The van der Waals surface area contributed by atoms with E-state index in [0.29, 0.717) is 12.2 Å². The normalized spacial score (nSPS) is 10.2. The van der Waals surface area contributed by atoms with Crippen LogP contribution in [-0.2, 0) is 20.8 Å². The molecule has 1 amide bonds. The average molecular weight is 257 g/mol. The number of hydroxylamine groups is 1. The monoisotopic (exact) mass is 257 g/mol. The highest BCUT2D eigenvalue weighted by atomic mass is 19.1. The number of amides is 1. The van der Waals surface area contributed by atoms with Crippen molar-refractivity contribution in [2.45, 2.75) is 6.42 Å². The molecule has 0 aliphatic heterocycles. The Morgan fingerprint density at radius 2 is 2.11 bits per heavy atom. The molecule has 1 N–H and O–H groups in total. The van der Waals surface area contributed by atoms with Gasteiger partial charge in [0.05, 0.1) is 26.7 Å². The molecule has 0 heterocycles. The summed E-state index contributed by atoms with van der Waals surface area (Å²) in [5, 5.41) is 0. The number of halogens is 1. The number of ether oxygens (including phenoxy) is 2. The van der Waals surface area contributed by atoms with Crippen molar-refractivity contribution >= 4 is 5.91 Å². The first-order valence-corrected chi connectivity index (χ1v) is 5.39. The van der Waals surface area contributed by atoms with Crippen LogP contribution in [-0.4, -0.2) is 33.3 Å². The summed E-state index contributed by atoms with van der Waals surface area (Å²) in [6, 6.07) is 4.36. The van der Waals surface area contributed by atoms with Gasteiger partial charge in [0.1, 0.15) is 0 Å². The van der Waals surface area contributed by atoms with Gasteiger partial charge in [-0.3, -0.25) is 9.63 Å². The molecule has 100 valence electrons. The lowest BCUT2D eigenvalue weighted by Crippen LogP contribution is -2.26. The number of hydrogen-bond donors (Lipinski definition) is 1. The minimum Gasteiger partial charge on any atom is -0.494 e. The first-order chi connectivity index (χ1) is 8.67. The second-order valence-corrected chi connectivity index (χ2v) is 3.51. The molecule has 1 rings (SSSR count). The lowest BCUT2D eigenvalue weighted by atomic mass is 10.1. The molecule has 0 saturated heterocycles. The van der Waals surface area contributed by atoms with Crippen molar-refractivity contribution in [3.05, 3.63) is 29.6 Å². The summed E-state index contributed by atoms with van der Waals surface area (Å²) in [7, 11) is 2.92. The number of carbonyl (C=O) groups excluding carboxylic acids is 1. The summed E-state index contributed by atoms with van der Waals surface area (Å²) in [5.41, 5.74) is 2.78. The van der Waals surface area contributed by atoms with Gasteiger partial charge in [-0.1, -0.05) is 6.07 Å².